The summed E-state index contributed by atoms with van der Waals surface area (Å²) in [6.45, 7) is 4.04. The number of anilines is 2. The maximum absolute atomic E-state index is 13.8. The Labute approximate surface area is 318 Å². The maximum atomic E-state index is 13.8. The second-order valence-corrected chi connectivity index (χ2v) is 15.3. The number of thioether (sulfide) groups is 2. The molecule has 3 aliphatic heterocycles. The molecule has 1 saturated heterocycles. The number of β-lactam (4-membered cyclic amide) rings is 1. The zero-order valence-corrected chi connectivity index (χ0v) is 30.9. The van der Waals surface area contributed by atoms with Crippen molar-refractivity contribution in [3.8, 4) is 5.75 Å². The molecular formula is C31H33ClN9O11S2+. The number of hydrogen-bond donors (Lipinski definition) is 8. The highest BCUT2D eigenvalue weighted by Crippen LogP contribution is 2.41. The number of carboxylic acid groups (broad SMARTS) is 2. The van der Waals surface area contributed by atoms with E-state index in [1.165, 1.54) is 30.9 Å². The number of aromatic hydroxyl groups is 1. The van der Waals surface area contributed by atoms with Crippen LogP contribution in [0.5, 0.6) is 5.75 Å². The first kappa shape index (κ1) is 39.5. The van der Waals surface area contributed by atoms with Gasteiger partial charge in [-0.2, -0.15) is 4.73 Å². The van der Waals surface area contributed by atoms with Crippen molar-refractivity contribution >= 4 is 82.0 Å². The van der Waals surface area contributed by atoms with Crippen LogP contribution in [0.3, 0.4) is 0 Å². The first-order valence-corrected chi connectivity index (χ1v) is 17.9. The molecule has 54 heavy (non-hydrogen) atoms. The average molecular weight is 807 g/mol. The Morgan fingerprint density at radius 2 is 1.93 bits per heavy atom. The van der Waals surface area contributed by atoms with E-state index in [1.54, 1.807) is 13.0 Å². The van der Waals surface area contributed by atoms with Gasteiger partial charge in [0.2, 0.25) is 11.0 Å². The van der Waals surface area contributed by atoms with E-state index in [9.17, 15) is 49.3 Å². The van der Waals surface area contributed by atoms with Crippen LogP contribution >= 0.6 is 35.1 Å². The van der Waals surface area contributed by atoms with Crippen molar-refractivity contribution in [3.63, 3.8) is 0 Å². The van der Waals surface area contributed by atoms with Gasteiger partial charge >= 0.3 is 11.9 Å². The molecule has 10 N–H and O–H groups in total. The third kappa shape index (κ3) is 7.94. The molecule has 2 aromatic rings. The second kappa shape index (κ2) is 15.3. The van der Waals surface area contributed by atoms with Crippen molar-refractivity contribution < 1.29 is 53.9 Å². The summed E-state index contributed by atoms with van der Waals surface area (Å²) in [4.78, 5) is 86.5. The van der Waals surface area contributed by atoms with Crippen LogP contribution in [-0.2, 0) is 30.6 Å². The highest BCUT2D eigenvalue weighted by Gasteiger charge is 2.55. The molecule has 1 fully saturated rings. The summed E-state index contributed by atoms with van der Waals surface area (Å²) in [6.07, 6.45) is 5.25. The van der Waals surface area contributed by atoms with Crippen LogP contribution in [0.25, 0.3) is 0 Å². The van der Waals surface area contributed by atoms with E-state index in [0.717, 1.165) is 28.4 Å². The third-order valence-electron chi connectivity index (χ3n) is 8.25. The minimum absolute atomic E-state index is 0.0677. The van der Waals surface area contributed by atoms with E-state index in [-0.39, 0.29) is 55.5 Å². The molecule has 3 atom stereocenters. The molecule has 0 radical (unpaired) electrons. The number of carboxylic acids is 2. The Hall–Kier alpha value is -5.74. The van der Waals surface area contributed by atoms with E-state index in [4.69, 9.17) is 27.9 Å². The number of amides is 3. The number of aliphatic carboxylic acids is 2. The molecular weight excluding hydrogens is 774 g/mol. The number of nitrogens with zero attached hydrogens (tertiary/aromatic N) is 5. The molecule has 0 aromatic carbocycles. The Bertz CT molecular complexity index is 2170. The van der Waals surface area contributed by atoms with E-state index in [1.807, 2.05) is 0 Å². The molecule has 2 aromatic heterocycles. The van der Waals surface area contributed by atoms with Gasteiger partial charge in [0.1, 0.15) is 35.5 Å². The fourth-order valence-corrected chi connectivity index (χ4v) is 7.97. The lowest BCUT2D eigenvalue weighted by Crippen LogP contribution is -2.71. The van der Waals surface area contributed by atoms with Gasteiger partial charge in [-0.25, -0.2) is 14.2 Å². The van der Waals surface area contributed by atoms with Crippen LogP contribution in [0.2, 0.25) is 0 Å². The monoisotopic (exact) mass is 806 g/mol. The number of rotatable bonds is 11. The lowest BCUT2D eigenvalue weighted by molar-refractivity contribution is -0.691. The van der Waals surface area contributed by atoms with Crippen LogP contribution in [0.4, 0.5) is 11.5 Å². The number of nitrogen functional groups attached to an aromatic ring is 1. The number of halogens is 1. The third-order valence-corrected chi connectivity index (χ3v) is 10.8. The quantitative estimate of drug-likeness (QED) is 0.0498. The van der Waals surface area contributed by atoms with Crippen LogP contribution in [0.15, 0.2) is 67.1 Å². The highest BCUT2D eigenvalue weighted by atomic mass is 35.5. The Morgan fingerprint density at radius 3 is 2.59 bits per heavy atom. The van der Waals surface area contributed by atoms with E-state index >= 15 is 0 Å². The number of fused-ring (bicyclic) bond motifs is 1. The van der Waals surface area contributed by atoms with Crippen molar-refractivity contribution in [1.82, 2.24) is 19.9 Å². The number of allylic oxidation sites excluding steroid dienone is 1. The fraction of sp³-hybridized carbons (Fsp3) is 0.323. The molecule has 23 heteroatoms. The molecule has 5 rings (SSSR count). The number of carbonyl (C=O) groups is 5. The summed E-state index contributed by atoms with van der Waals surface area (Å²) in [5.74, 6) is -6.80. The summed E-state index contributed by atoms with van der Waals surface area (Å²) in [7, 11) is 0. The van der Waals surface area contributed by atoms with Crippen LogP contribution < -0.4 is 32.1 Å². The van der Waals surface area contributed by atoms with Crippen molar-refractivity contribution in [2.75, 3.05) is 16.8 Å². The van der Waals surface area contributed by atoms with Gasteiger partial charge < -0.3 is 47.5 Å². The summed E-state index contributed by atoms with van der Waals surface area (Å²) < 4.78 is 1.70. The van der Waals surface area contributed by atoms with Gasteiger partial charge in [0.05, 0.1) is 15.6 Å². The van der Waals surface area contributed by atoms with Crippen LogP contribution in [0, 0.1) is 5.92 Å². The van der Waals surface area contributed by atoms with Gasteiger partial charge in [0.25, 0.3) is 29.9 Å². The van der Waals surface area contributed by atoms with Crippen LogP contribution in [-0.4, -0.2) is 93.3 Å². The van der Waals surface area contributed by atoms with Crippen molar-refractivity contribution in [1.29, 1.82) is 0 Å². The van der Waals surface area contributed by atoms with Gasteiger partial charge in [-0.05, 0) is 31.2 Å². The molecule has 3 aliphatic rings. The smallest absolute Gasteiger partial charge is 0.352 e. The zero-order valence-electron chi connectivity index (χ0n) is 28.5. The van der Waals surface area contributed by atoms with Crippen molar-refractivity contribution in [3.05, 3.63) is 73.0 Å². The predicted molar refractivity (Wildman–Crippen MR) is 193 cm³/mol. The molecule has 20 nitrogen and oxygen atoms in total. The molecule has 5 heterocycles. The number of nitrogens with one attached hydrogen (secondary N) is 2. The summed E-state index contributed by atoms with van der Waals surface area (Å²) in [6, 6.07) is -0.521. The summed E-state index contributed by atoms with van der Waals surface area (Å²) >= 11 is 8.66. The van der Waals surface area contributed by atoms with E-state index < -0.39 is 69.5 Å². The number of oxime groups is 1. The maximum Gasteiger partial charge on any atom is 0.352 e. The molecule has 286 valence electrons. The first-order chi connectivity index (χ1) is 25.3. The molecule has 3 unspecified atom stereocenters. The molecule has 0 spiro atoms. The number of pyridine rings is 1. The Morgan fingerprint density at radius 1 is 1.22 bits per heavy atom. The van der Waals surface area contributed by atoms with Crippen LogP contribution in [0.1, 0.15) is 37.7 Å². The first-order valence-electron chi connectivity index (χ1n) is 15.7. The minimum Gasteiger partial charge on any atom is -0.503 e. The standard InChI is InChI=1S/C31H32ClN9O11S2/c1-12-4-5-18(33)54-23(32)19(12)20(38-52-31(2,3)30(49)50)26(45)37-21-27(46)41-22(29(47)48)13(10-53-28(21)41)7-39-8-14(24(34)35-11-39)36-25(44)15-6-16(42)17(43)9-40(15)51/h5-6,8-9,11-12,21,28,34,51H,4,7,10,33H2,1-3H3,(H5,36,37,43,44,45,47,48,49,50)/p+1/b38-20-. The highest BCUT2D eigenvalue weighted by molar-refractivity contribution is 8.08. The summed E-state index contributed by atoms with van der Waals surface area (Å²) in [5.41, 5.74) is 8.23. The van der Waals surface area contributed by atoms with Crippen molar-refractivity contribution in [2.24, 2.45) is 16.8 Å². The van der Waals surface area contributed by atoms with Gasteiger partial charge in [-0.1, -0.05) is 41.5 Å². The van der Waals surface area contributed by atoms with Gasteiger partial charge in [0, 0.05) is 23.0 Å². The number of hydrogen-bond acceptors (Lipinski definition) is 15. The lowest BCUT2D eigenvalue weighted by atomic mass is 9.94. The number of carbonyl (C=O) groups excluding carboxylic acids is 3. The predicted octanol–water partition coefficient (Wildman–Crippen LogP) is 0.306. The number of nitrogens with two attached hydrogens (primary N) is 2. The molecule has 0 bridgehead atoms. The normalized spacial score (nSPS) is 20.3. The van der Waals surface area contributed by atoms with Crippen molar-refractivity contribution in [2.45, 2.75) is 50.8 Å². The van der Waals surface area contributed by atoms with E-state index in [2.05, 4.69) is 20.8 Å². The number of aromatic nitrogens is 3. The summed E-state index contributed by atoms with van der Waals surface area (Å²) in [5, 5.41) is 47.6. The zero-order chi connectivity index (χ0) is 39.8. The second-order valence-electron chi connectivity index (χ2n) is 12.5. The Kier molecular flexibility index (Phi) is 11.2. The molecule has 0 saturated carbocycles. The topological polar surface area (TPSA) is 306 Å². The van der Waals surface area contributed by atoms with E-state index in [0.29, 0.717) is 23.7 Å². The largest absolute Gasteiger partial charge is 0.503 e. The minimum atomic E-state index is -1.85. The SMILES string of the molecule is CC1CC=C(N)SC(Cl)=C1/C(=N/OC(C)(C)C(=O)O)C(=O)NC1C(=O)N2C(C(=O)O)=C(C[n+]3cnc(N)c(NC(=O)c4cc(=O)c(O)cn4O)c3)CSC12. The lowest BCUT2D eigenvalue weighted by Gasteiger charge is -2.49. The average Bonchev–Trinajstić information content (AvgIpc) is 3.22. The molecule has 3 amide bonds. The molecule has 0 aliphatic carbocycles. The van der Waals surface area contributed by atoms with Gasteiger partial charge in [-0.15, -0.1) is 11.8 Å². The van der Waals surface area contributed by atoms with Gasteiger partial charge in [0.15, 0.2) is 17.1 Å². The van der Waals surface area contributed by atoms with Gasteiger partial charge in [-0.3, -0.25) is 24.1 Å². The fourth-order valence-electron chi connectivity index (χ4n) is 5.30. The Balaban J connectivity index is 1.38.